The van der Waals surface area contributed by atoms with Crippen molar-refractivity contribution in [1.82, 2.24) is 9.88 Å². The highest BCUT2D eigenvalue weighted by Gasteiger charge is 2.15. The quantitative estimate of drug-likeness (QED) is 0.415. The summed E-state index contributed by atoms with van der Waals surface area (Å²) < 4.78 is 9.45. The molecule has 0 saturated carbocycles. The van der Waals surface area contributed by atoms with E-state index in [2.05, 4.69) is 31.9 Å². The van der Waals surface area contributed by atoms with Crippen molar-refractivity contribution in [3.63, 3.8) is 0 Å². The minimum absolute atomic E-state index is 0.163. The molecule has 1 aliphatic rings. The van der Waals surface area contributed by atoms with Crippen LogP contribution in [0.1, 0.15) is 16.1 Å². The van der Waals surface area contributed by atoms with E-state index in [1.54, 1.807) is 55.8 Å². The molecule has 9 nitrogen and oxygen atoms in total. The van der Waals surface area contributed by atoms with Crippen LogP contribution in [0.25, 0.3) is 6.08 Å². The second-order valence-electron chi connectivity index (χ2n) is 7.55. The van der Waals surface area contributed by atoms with Crippen molar-refractivity contribution >= 4 is 29.5 Å². The fourth-order valence-electron chi connectivity index (χ4n) is 3.22. The minimum atomic E-state index is -1.14. The van der Waals surface area contributed by atoms with Gasteiger partial charge in [0.1, 0.15) is 5.82 Å². The van der Waals surface area contributed by atoms with E-state index >= 15 is 0 Å². The Labute approximate surface area is 198 Å². The molecule has 9 heteroatoms. The number of carbonyl (C=O) groups is 2. The number of ketones is 1. The van der Waals surface area contributed by atoms with Gasteiger partial charge in [0.25, 0.3) is 5.95 Å². The zero-order valence-electron chi connectivity index (χ0n) is 19.2. The van der Waals surface area contributed by atoms with Gasteiger partial charge >= 0.3 is 6.09 Å². The fourth-order valence-corrected chi connectivity index (χ4v) is 3.22. The molecular weight excluding hydrogens is 436 g/mol. The number of aromatic nitrogens is 1. The average Bonchev–Trinajstić information content (AvgIpc) is 3.38. The van der Waals surface area contributed by atoms with Crippen LogP contribution in [0.5, 0.6) is 5.95 Å². The molecule has 178 valence electrons. The Morgan fingerprint density at radius 1 is 1.06 bits per heavy atom. The number of likely N-dealkylation sites (N-methyl/N-ethyl adjacent to an activating group) is 1. The van der Waals surface area contributed by atoms with Crippen LogP contribution in [0.2, 0.25) is 0 Å². The van der Waals surface area contributed by atoms with E-state index in [1.165, 1.54) is 6.08 Å². The lowest BCUT2D eigenvalue weighted by molar-refractivity contribution is 0.104. The summed E-state index contributed by atoms with van der Waals surface area (Å²) in [7, 11) is 3.68. The third-order valence-electron chi connectivity index (χ3n) is 5.11. The number of piperazine rings is 1. The average molecular weight is 465 g/mol. The van der Waals surface area contributed by atoms with Crippen LogP contribution in [0.4, 0.5) is 16.3 Å². The number of benzene rings is 1. The van der Waals surface area contributed by atoms with Gasteiger partial charge < -0.3 is 24.1 Å². The van der Waals surface area contributed by atoms with Crippen molar-refractivity contribution in [3.8, 4) is 5.95 Å². The predicted octanol–water partition coefficient (Wildman–Crippen LogP) is 4.11. The van der Waals surface area contributed by atoms with Gasteiger partial charge in [0.2, 0.25) is 0 Å². The topological polar surface area (TPSA) is 108 Å². The molecule has 1 fully saturated rings. The molecule has 0 unspecified atom stereocenters. The maximum absolute atomic E-state index is 12.3. The van der Waals surface area contributed by atoms with Crippen LogP contribution in [-0.2, 0) is 0 Å². The predicted molar refractivity (Wildman–Crippen MR) is 131 cm³/mol. The second-order valence-corrected chi connectivity index (χ2v) is 7.55. The Balaban J connectivity index is 0.000000396. The molecule has 0 radical (unpaired) electrons. The molecule has 4 rings (SSSR count). The van der Waals surface area contributed by atoms with E-state index in [0.29, 0.717) is 17.2 Å². The first kappa shape index (κ1) is 24.5. The number of carbonyl (C=O) groups excluding carboxylic acids is 1. The van der Waals surface area contributed by atoms with Gasteiger partial charge in [-0.05, 0) is 61.7 Å². The number of allylic oxidation sites excluding steroid dienone is 1. The molecule has 1 amide bonds. The third kappa shape index (κ3) is 7.49. The highest BCUT2D eigenvalue weighted by molar-refractivity contribution is 6.07. The molecule has 0 atom stereocenters. The SMILES string of the molecule is CN1CCN(c2cccc(C=CC(=O)c3ccc(NC(=O)O)cc3)n2)CC1.COc1ccco1. The molecular formula is C25H28N4O5. The molecule has 0 aliphatic carbocycles. The monoisotopic (exact) mass is 464 g/mol. The van der Waals surface area contributed by atoms with E-state index < -0.39 is 6.09 Å². The lowest BCUT2D eigenvalue weighted by Crippen LogP contribution is -2.44. The highest BCUT2D eigenvalue weighted by Crippen LogP contribution is 2.15. The third-order valence-corrected chi connectivity index (χ3v) is 5.11. The standard InChI is InChI=1S/C20H22N4O3.C5H6O2/c1-23-11-13-24(14-12-23)19-4-2-3-16(21-19)9-10-18(25)15-5-7-17(8-6-15)22-20(26)27;1-6-5-3-2-4-7-5/h2-10,22H,11-14H2,1H3,(H,26,27);2-4H,1H3. The smallest absolute Gasteiger partial charge is 0.409 e. The van der Waals surface area contributed by atoms with Gasteiger partial charge in [0.05, 0.1) is 19.1 Å². The Bertz CT molecular complexity index is 1090. The maximum atomic E-state index is 12.3. The Morgan fingerprint density at radius 3 is 2.38 bits per heavy atom. The number of furan rings is 1. The number of pyridine rings is 1. The van der Waals surface area contributed by atoms with Crippen LogP contribution in [-0.4, -0.2) is 67.2 Å². The normalized spacial score (nSPS) is 13.8. The summed E-state index contributed by atoms with van der Waals surface area (Å²) in [5, 5.41) is 10.9. The van der Waals surface area contributed by atoms with E-state index in [4.69, 9.17) is 9.52 Å². The first-order valence-electron chi connectivity index (χ1n) is 10.7. The highest BCUT2D eigenvalue weighted by atomic mass is 16.6. The number of hydrogen-bond acceptors (Lipinski definition) is 7. The molecule has 2 N–H and O–H groups in total. The second kappa shape index (κ2) is 12.2. The lowest BCUT2D eigenvalue weighted by Gasteiger charge is -2.33. The number of nitrogens with zero attached hydrogens (tertiary/aromatic N) is 3. The van der Waals surface area contributed by atoms with Gasteiger partial charge in [-0.3, -0.25) is 10.1 Å². The lowest BCUT2D eigenvalue weighted by atomic mass is 10.1. The summed E-state index contributed by atoms with van der Waals surface area (Å²) in [4.78, 5) is 32.1. The number of amides is 1. The molecule has 0 bridgehead atoms. The molecule has 1 aliphatic heterocycles. The van der Waals surface area contributed by atoms with Crippen molar-refractivity contribution in [2.24, 2.45) is 0 Å². The van der Waals surface area contributed by atoms with Crippen molar-refractivity contribution < 1.29 is 23.8 Å². The summed E-state index contributed by atoms with van der Waals surface area (Å²) in [5.74, 6) is 1.31. The molecule has 3 aromatic rings. The van der Waals surface area contributed by atoms with Crippen LogP contribution in [0.15, 0.2) is 71.4 Å². The molecule has 1 aromatic carbocycles. The van der Waals surface area contributed by atoms with Gasteiger partial charge in [-0.1, -0.05) is 6.07 Å². The minimum Gasteiger partial charge on any atom is -0.468 e. The fraction of sp³-hybridized carbons (Fsp3) is 0.240. The number of carboxylic acid groups (broad SMARTS) is 1. The van der Waals surface area contributed by atoms with E-state index in [1.807, 2.05) is 18.2 Å². The first-order chi connectivity index (χ1) is 16.4. The zero-order chi connectivity index (χ0) is 24.3. The summed E-state index contributed by atoms with van der Waals surface area (Å²) in [5.41, 5.74) is 1.63. The Kier molecular flexibility index (Phi) is 8.81. The van der Waals surface area contributed by atoms with Crippen molar-refractivity contribution in [3.05, 3.63) is 78.2 Å². The summed E-state index contributed by atoms with van der Waals surface area (Å²) in [6.45, 7) is 3.89. The van der Waals surface area contributed by atoms with Crippen molar-refractivity contribution in [1.29, 1.82) is 0 Å². The van der Waals surface area contributed by atoms with Gasteiger partial charge in [0, 0.05) is 43.5 Å². The number of rotatable bonds is 6. The van der Waals surface area contributed by atoms with Crippen LogP contribution in [0.3, 0.4) is 0 Å². The van der Waals surface area contributed by atoms with E-state index in [0.717, 1.165) is 37.7 Å². The molecule has 0 spiro atoms. The largest absolute Gasteiger partial charge is 0.468 e. The number of hydrogen-bond donors (Lipinski definition) is 2. The van der Waals surface area contributed by atoms with Gasteiger partial charge in [-0.15, -0.1) is 0 Å². The van der Waals surface area contributed by atoms with Crippen molar-refractivity contribution in [2.75, 3.05) is 50.6 Å². The summed E-state index contributed by atoms with van der Waals surface area (Å²) in [6.07, 6.45) is 3.61. The Morgan fingerprint density at radius 2 is 1.79 bits per heavy atom. The van der Waals surface area contributed by atoms with Gasteiger partial charge in [0.15, 0.2) is 5.78 Å². The van der Waals surface area contributed by atoms with Crippen LogP contribution >= 0.6 is 0 Å². The number of nitrogens with one attached hydrogen (secondary N) is 1. The van der Waals surface area contributed by atoms with Crippen LogP contribution in [0, 0.1) is 0 Å². The number of ether oxygens (including phenoxy) is 1. The van der Waals surface area contributed by atoms with Crippen LogP contribution < -0.4 is 15.0 Å². The molecule has 3 heterocycles. The number of anilines is 2. The molecule has 2 aromatic heterocycles. The number of methoxy groups -OCH3 is 1. The van der Waals surface area contributed by atoms with Crippen molar-refractivity contribution in [2.45, 2.75) is 0 Å². The first-order valence-corrected chi connectivity index (χ1v) is 10.7. The van der Waals surface area contributed by atoms with Gasteiger partial charge in [-0.2, -0.15) is 0 Å². The maximum Gasteiger partial charge on any atom is 0.409 e. The van der Waals surface area contributed by atoms with E-state index in [9.17, 15) is 9.59 Å². The molecule has 34 heavy (non-hydrogen) atoms. The molecule has 1 saturated heterocycles. The summed E-state index contributed by atoms with van der Waals surface area (Å²) in [6, 6.07) is 15.6. The Hall–Kier alpha value is -4.11. The zero-order valence-corrected chi connectivity index (χ0v) is 19.2. The van der Waals surface area contributed by atoms with E-state index in [-0.39, 0.29) is 5.78 Å². The summed E-state index contributed by atoms with van der Waals surface area (Å²) >= 11 is 0. The van der Waals surface area contributed by atoms with Gasteiger partial charge in [-0.25, -0.2) is 9.78 Å².